The summed E-state index contributed by atoms with van der Waals surface area (Å²) in [5, 5.41) is 10.5. The number of nitrogens with one attached hydrogen (secondary N) is 1. The molecule has 0 aliphatic carbocycles. The second-order valence-electron chi connectivity index (χ2n) is 5.87. The number of thiazole rings is 1. The minimum Gasteiger partial charge on any atom is -0.352 e. The molecular weight excluding hydrogens is 332 g/mol. The summed E-state index contributed by atoms with van der Waals surface area (Å²) in [7, 11) is 0. The van der Waals surface area contributed by atoms with E-state index < -0.39 is 0 Å². The van der Waals surface area contributed by atoms with Crippen LogP contribution in [0.1, 0.15) is 39.2 Å². The van der Waals surface area contributed by atoms with E-state index >= 15 is 0 Å². The van der Waals surface area contributed by atoms with Crippen molar-refractivity contribution in [1.82, 2.24) is 20.1 Å². The zero-order valence-electron chi connectivity index (χ0n) is 14.5. The highest BCUT2D eigenvalue weighted by atomic mass is 32.1. The summed E-state index contributed by atoms with van der Waals surface area (Å²) in [6.07, 6.45) is 3.18. The van der Waals surface area contributed by atoms with Crippen LogP contribution in [0.5, 0.6) is 0 Å². The van der Waals surface area contributed by atoms with E-state index in [-0.39, 0.29) is 5.91 Å². The lowest BCUT2D eigenvalue weighted by Crippen LogP contribution is -2.26. The van der Waals surface area contributed by atoms with Crippen LogP contribution >= 0.6 is 11.3 Å². The normalized spacial score (nSPS) is 10.8. The fraction of sp³-hybridized carbons (Fsp3) is 0.316. The first-order valence-electron chi connectivity index (χ1n) is 8.45. The highest BCUT2D eigenvalue weighted by Gasteiger charge is 2.16. The number of hydrogen-bond donors (Lipinski definition) is 1. The molecule has 0 aliphatic rings. The summed E-state index contributed by atoms with van der Waals surface area (Å²) in [5.41, 5.74) is 3.82. The molecule has 0 saturated heterocycles. The molecule has 3 rings (SSSR count). The van der Waals surface area contributed by atoms with E-state index in [2.05, 4.69) is 27.5 Å². The smallest absolute Gasteiger partial charge is 0.254 e. The Labute approximate surface area is 151 Å². The van der Waals surface area contributed by atoms with Gasteiger partial charge in [0.1, 0.15) is 0 Å². The first-order valence-corrected chi connectivity index (χ1v) is 9.33. The Morgan fingerprint density at radius 2 is 2.08 bits per heavy atom. The van der Waals surface area contributed by atoms with E-state index in [1.807, 2.05) is 42.1 Å². The molecule has 0 atom stereocenters. The second kappa shape index (κ2) is 8.07. The molecule has 0 bridgehead atoms. The SMILES string of the molecule is CCc1c(C(=O)NCCc2csc(C)n2)cnn1Cc1ccccc1. The highest BCUT2D eigenvalue weighted by molar-refractivity contribution is 7.09. The maximum absolute atomic E-state index is 12.5. The van der Waals surface area contributed by atoms with Gasteiger partial charge < -0.3 is 5.32 Å². The maximum atomic E-state index is 12.5. The summed E-state index contributed by atoms with van der Waals surface area (Å²) in [5.74, 6) is -0.0666. The zero-order valence-corrected chi connectivity index (χ0v) is 15.3. The fourth-order valence-electron chi connectivity index (χ4n) is 2.79. The molecule has 0 radical (unpaired) electrons. The first-order chi connectivity index (χ1) is 12.2. The van der Waals surface area contributed by atoms with Gasteiger partial charge in [0.15, 0.2) is 0 Å². The molecule has 0 fully saturated rings. The summed E-state index contributed by atoms with van der Waals surface area (Å²) in [6.45, 7) is 5.29. The topological polar surface area (TPSA) is 59.8 Å². The quantitative estimate of drug-likeness (QED) is 0.709. The van der Waals surface area contributed by atoms with E-state index in [4.69, 9.17) is 0 Å². The largest absolute Gasteiger partial charge is 0.352 e. The lowest BCUT2D eigenvalue weighted by Gasteiger charge is -2.08. The van der Waals surface area contributed by atoms with Crippen molar-refractivity contribution < 1.29 is 4.79 Å². The Morgan fingerprint density at radius 1 is 1.28 bits per heavy atom. The van der Waals surface area contributed by atoms with Gasteiger partial charge in [-0.3, -0.25) is 9.48 Å². The Balaban J connectivity index is 1.64. The van der Waals surface area contributed by atoms with E-state index in [1.165, 1.54) is 5.56 Å². The lowest BCUT2D eigenvalue weighted by atomic mass is 10.1. The Bertz CT molecular complexity index is 838. The summed E-state index contributed by atoms with van der Waals surface area (Å²) in [6, 6.07) is 10.2. The van der Waals surface area contributed by atoms with Gasteiger partial charge in [-0.2, -0.15) is 5.10 Å². The Hall–Kier alpha value is -2.47. The summed E-state index contributed by atoms with van der Waals surface area (Å²) >= 11 is 1.63. The predicted molar refractivity (Wildman–Crippen MR) is 100 cm³/mol. The van der Waals surface area contributed by atoms with E-state index in [9.17, 15) is 4.79 Å². The van der Waals surface area contributed by atoms with E-state index in [0.29, 0.717) is 18.7 Å². The lowest BCUT2D eigenvalue weighted by molar-refractivity contribution is 0.0953. The second-order valence-corrected chi connectivity index (χ2v) is 6.93. The molecule has 3 aromatic rings. The van der Waals surface area contributed by atoms with Crippen LogP contribution in [0.2, 0.25) is 0 Å². The summed E-state index contributed by atoms with van der Waals surface area (Å²) in [4.78, 5) is 16.9. The van der Waals surface area contributed by atoms with Crippen molar-refractivity contribution in [2.24, 2.45) is 0 Å². The van der Waals surface area contributed by atoms with Crippen molar-refractivity contribution in [1.29, 1.82) is 0 Å². The van der Waals surface area contributed by atoms with Crippen molar-refractivity contribution in [3.8, 4) is 0 Å². The van der Waals surface area contributed by atoms with Gasteiger partial charge in [0, 0.05) is 18.3 Å². The van der Waals surface area contributed by atoms with Crippen molar-refractivity contribution >= 4 is 17.2 Å². The minimum atomic E-state index is -0.0666. The first kappa shape index (κ1) is 17.4. The van der Waals surface area contributed by atoms with Crippen molar-refractivity contribution in [3.63, 3.8) is 0 Å². The van der Waals surface area contributed by atoms with Crippen LogP contribution in [-0.4, -0.2) is 27.2 Å². The number of carbonyl (C=O) groups excluding carboxylic acids is 1. The molecule has 25 heavy (non-hydrogen) atoms. The number of benzene rings is 1. The molecular formula is C19H22N4OS. The standard InChI is InChI=1S/C19H22N4OS/c1-3-18-17(11-21-23(18)12-15-7-5-4-6-8-15)19(24)20-10-9-16-13-25-14(2)22-16/h4-8,11,13H,3,9-10,12H2,1-2H3,(H,20,24). The molecule has 6 heteroatoms. The van der Waals surface area contributed by atoms with Crippen LogP contribution in [0.4, 0.5) is 0 Å². The maximum Gasteiger partial charge on any atom is 0.254 e. The molecule has 1 N–H and O–H groups in total. The van der Waals surface area contributed by atoms with Gasteiger partial charge >= 0.3 is 0 Å². The van der Waals surface area contributed by atoms with Gasteiger partial charge in [-0.1, -0.05) is 37.3 Å². The Kier molecular flexibility index (Phi) is 5.60. The highest BCUT2D eigenvalue weighted by Crippen LogP contribution is 2.13. The van der Waals surface area contributed by atoms with Crippen molar-refractivity contribution in [3.05, 3.63) is 69.4 Å². The number of rotatable bonds is 7. The monoisotopic (exact) mass is 354 g/mol. The molecule has 0 spiro atoms. The fourth-order valence-corrected chi connectivity index (χ4v) is 3.44. The van der Waals surface area contributed by atoms with Crippen LogP contribution in [0, 0.1) is 6.92 Å². The molecule has 2 aromatic heterocycles. The van der Waals surface area contributed by atoms with Crippen LogP contribution < -0.4 is 5.32 Å². The molecule has 1 aromatic carbocycles. The van der Waals surface area contributed by atoms with Crippen LogP contribution in [-0.2, 0) is 19.4 Å². The van der Waals surface area contributed by atoms with Crippen LogP contribution in [0.15, 0.2) is 41.9 Å². The number of hydrogen-bond acceptors (Lipinski definition) is 4. The average molecular weight is 354 g/mol. The van der Waals surface area contributed by atoms with Gasteiger partial charge in [-0.15, -0.1) is 11.3 Å². The number of amides is 1. The average Bonchev–Trinajstić information content (AvgIpc) is 3.21. The van der Waals surface area contributed by atoms with Gasteiger partial charge in [0.25, 0.3) is 5.91 Å². The van der Waals surface area contributed by atoms with E-state index in [0.717, 1.165) is 29.2 Å². The van der Waals surface area contributed by atoms with Crippen LogP contribution in [0.25, 0.3) is 0 Å². The van der Waals surface area contributed by atoms with Gasteiger partial charge in [-0.25, -0.2) is 4.98 Å². The Morgan fingerprint density at radius 3 is 2.76 bits per heavy atom. The van der Waals surface area contributed by atoms with Gasteiger partial charge in [-0.05, 0) is 18.9 Å². The molecule has 5 nitrogen and oxygen atoms in total. The molecule has 0 saturated carbocycles. The van der Waals surface area contributed by atoms with Crippen molar-refractivity contribution in [2.45, 2.75) is 33.2 Å². The van der Waals surface area contributed by atoms with Crippen molar-refractivity contribution in [2.75, 3.05) is 6.54 Å². The zero-order chi connectivity index (χ0) is 17.6. The number of carbonyl (C=O) groups is 1. The predicted octanol–water partition coefficient (Wildman–Crippen LogP) is 3.23. The molecule has 0 unspecified atom stereocenters. The number of aromatic nitrogens is 3. The van der Waals surface area contributed by atoms with Gasteiger partial charge in [0.05, 0.1) is 34.7 Å². The minimum absolute atomic E-state index is 0.0666. The third-order valence-electron chi connectivity index (χ3n) is 4.04. The molecule has 130 valence electrons. The van der Waals surface area contributed by atoms with E-state index in [1.54, 1.807) is 17.5 Å². The molecule has 2 heterocycles. The third-order valence-corrected chi connectivity index (χ3v) is 4.86. The molecule has 1 amide bonds. The van der Waals surface area contributed by atoms with Gasteiger partial charge in [0.2, 0.25) is 0 Å². The molecule has 0 aliphatic heterocycles. The third kappa shape index (κ3) is 4.33. The number of aryl methyl sites for hydroxylation is 1. The van der Waals surface area contributed by atoms with Crippen LogP contribution in [0.3, 0.4) is 0 Å². The number of nitrogens with zero attached hydrogens (tertiary/aromatic N) is 3. The summed E-state index contributed by atoms with van der Waals surface area (Å²) < 4.78 is 1.91.